The summed E-state index contributed by atoms with van der Waals surface area (Å²) in [5, 5.41) is 10.3. The van der Waals surface area contributed by atoms with E-state index in [1.54, 1.807) is 0 Å². The fourth-order valence-electron chi connectivity index (χ4n) is 2.89. The van der Waals surface area contributed by atoms with E-state index in [1.807, 2.05) is 0 Å². The third-order valence-corrected chi connectivity index (χ3v) is 4.78. The Hall–Kier alpha value is -1.39. The second-order valence-corrected chi connectivity index (χ2v) is 6.23. The molecule has 22 heavy (non-hydrogen) atoms. The second-order valence-electron chi connectivity index (χ2n) is 5.20. The molecule has 4 aliphatic rings. The standard InChI is InChI=1S/C10H13FN5O5P/c11-10-14-7(12)4-8(15-10)16(2-13-4)9-5(17)6-3(20-9)1-19-22(18)21-6/h2-6,8-9,17,22H,1H2,(H2,12,14,15)/t3-,4?,5+,6-,8?,9-/m1/s1. The lowest BCUT2D eigenvalue weighted by atomic mass is 10.1. The highest BCUT2D eigenvalue weighted by Crippen LogP contribution is 2.41. The van der Waals surface area contributed by atoms with Gasteiger partial charge in [0.05, 0.1) is 12.9 Å². The number of hydrogen-bond acceptors (Lipinski definition) is 10. The average Bonchev–Trinajstić information content (AvgIpc) is 3.01. The zero-order chi connectivity index (χ0) is 15.4. The van der Waals surface area contributed by atoms with Crippen molar-refractivity contribution in [2.75, 3.05) is 6.61 Å². The SMILES string of the molecule is NC1=NC(F)=NC2C1N=CN2[C@@H]1O[C@@H]2CO[PH](=O)O[C@H]2[C@@H]1O. The molecule has 0 radical (unpaired) electrons. The van der Waals surface area contributed by atoms with Crippen LogP contribution in [0.2, 0.25) is 0 Å². The minimum absolute atomic E-state index is 0.00536. The van der Waals surface area contributed by atoms with E-state index < -0.39 is 51.1 Å². The van der Waals surface area contributed by atoms with Crippen molar-refractivity contribution >= 4 is 26.5 Å². The minimum atomic E-state index is -2.63. The molecular formula is C10H13FN5O5P. The maximum atomic E-state index is 13.4. The van der Waals surface area contributed by atoms with Gasteiger partial charge in [-0.1, -0.05) is 0 Å². The molecule has 0 aromatic heterocycles. The first-order chi connectivity index (χ1) is 10.5. The molecule has 0 saturated carbocycles. The topological polar surface area (TPSA) is 131 Å². The molecule has 4 rings (SSSR count). The molecule has 10 nitrogen and oxygen atoms in total. The van der Waals surface area contributed by atoms with Crippen molar-refractivity contribution in [2.45, 2.75) is 36.7 Å². The summed E-state index contributed by atoms with van der Waals surface area (Å²) < 4.78 is 40.4. The number of fused-ring (bicyclic) bond motifs is 2. The Morgan fingerprint density at radius 1 is 1.55 bits per heavy atom. The number of halogens is 1. The number of hydrogen-bond donors (Lipinski definition) is 2. The molecule has 0 amide bonds. The minimum Gasteiger partial charge on any atom is -0.386 e. The predicted molar refractivity (Wildman–Crippen MR) is 72.6 cm³/mol. The Balaban J connectivity index is 1.57. The summed E-state index contributed by atoms with van der Waals surface area (Å²) in [7, 11) is -2.63. The Bertz CT molecular complexity index is 615. The zero-order valence-corrected chi connectivity index (χ0v) is 12.1. The predicted octanol–water partition coefficient (Wildman–Crippen LogP) is -1.39. The molecule has 4 heterocycles. The summed E-state index contributed by atoms with van der Waals surface area (Å²) >= 11 is 0. The molecule has 3 unspecified atom stereocenters. The van der Waals surface area contributed by atoms with E-state index in [0.29, 0.717) is 0 Å². The lowest BCUT2D eigenvalue weighted by molar-refractivity contribution is -0.0786. The summed E-state index contributed by atoms with van der Waals surface area (Å²) in [6, 6.07) is -0.630. The molecule has 0 aliphatic carbocycles. The van der Waals surface area contributed by atoms with Crippen molar-refractivity contribution in [1.82, 2.24) is 4.90 Å². The van der Waals surface area contributed by atoms with Crippen molar-refractivity contribution < 1.29 is 27.8 Å². The number of rotatable bonds is 1. The summed E-state index contributed by atoms with van der Waals surface area (Å²) in [5.41, 5.74) is 5.64. The van der Waals surface area contributed by atoms with Gasteiger partial charge in [-0.05, 0) is 0 Å². The van der Waals surface area contributed by atoms with Crippen LogP contribution in [0.1, 0.15) is 0 Å². The number of aliphatic hydroxyl groups excluding tert-OH is 1. The van der Waals surface area contributed by atoms with Crippen LogP contribution in [0.25, 0.3) is 0 Å². The molecule has 2 saturated heterocycles. The number of aliphatic hydroxyl groups is 1. The van der Waals surface area contributed by atoms with Gasteiger partial charge in [0, 0.05) is 0 Å². The van der Waals surface area contributed by atoms with Crippen molar-refractivity contribution in [1.29, 1.82) is 0 Å². The highest BCUT2D eigenvalue weighted by Gasteiger charge is 2.53. The molecule has 0 aromatic rings. The fourth-order valence-corrected chi connectivity index (χ4v) is 3.77. The highest BCUT2D eigenvalue weighted by molar-refractivity contribution is 7.33. The van der Waals surface area contributed by atoms with Crippen molar-refractivity contribution in [3.8, 4) is 0 Å². The van der Waals surface area contributed by atoms with Gasteiger partial charge in [0.25, 0.3) is 0 Å². The van der Waals surface area contributed by atoms with E-state index in [2.05, 4.69) is 15.0 Å². The summed E-state index contributed by atoms with van der Waals surface area (Å²) in [4.78, 5) is 12.8. The van der Waals surface area contributed by atoms with Crippen molar-refractivity contribution in [3.63, 3.8) is 0 Å². The molecule has 12 heteroatoms. The number of nitrogens with two attached hydrogens (primary N) is 1. The summed E-state index contributed by atoms with van der Waals surface area (Å²) in [6.45, 7) is 0.0519. The van der Waals surface area contributed by atoms with Gasteiger partial charge < -0.3 is 29.5 Å². The first-order valence-corrected chi connectivity index (χ1v) is 7.82. The largest absolute Gasteiger partial charge is 0.386 e. The highest BCUT2D eigenvalue weighted by atomic mass is 31.1. The first kappa shape index (κ1) is 14.2. The van der Waals surface area contributed by atoms with E-state index in [1.165, 1.54) is 11.2 Å². The Morgan fingerprint density at radius 3 is 3.18 bits per heavy atom. The van der Waals surface area contributed by atoms with Crippen LogP contribution < -0.4 is 5.73 Å². The Labute approximate surface area is 124 Å². The third kappa shape index (κ3) is 2.09. The number of ether oxygens (including phenoxy) is 1. The van der Waals surface area contributed by atoms with E-state index in [-0.39, 0.29) is 12.4 Å². The van der Waals surface area contributed by atoms with Crippen LogP contribution in [0.3, 0.4) is 0 Å². The average molecular weight is 333 g/mol. The Kier molecular flexibility index (Phi) is 3.27. The van der Waals surface area contributed by atoms with Gasteiger partial charge in [-0.3, -0.25) is 9.56 Å². The molecule has 120 valence electrons. The quantitative estimate of drug-likeness (QED) is 0.446. The van der Waals surface area contributed by atoms with E-state index in [9.17, 15) is 14.1 Å². The number of amidine groups is 2. The van der Waals surface area contributed by atoms with Crippen LogP contribution in [0.5, 0.6) is 0 Å². The van der Waals surface area contributed by atoms with Crippen LogP contribution >= 0.6 is 8.25 Å². The molecule has 0 aromatic carbocycles. The van der Waals surface area contributed by atoms with Crippen molar-refractivity contribution in [2.24, 2.45) is 20.7 Å². The molecule has 7 atom stereocenters. The van der Waals surface area contributed by atoms with Gasteiger partial charge in [0.15, 0.2) is 12.4 Å². The second kappa shape index (κ2) is 5.07. The number of nitrogens with zero attached hydrogens (tertiary/aromatic N) is 4. The van der Waals surface area contributed by atoms with E-state index in [4.69, 9.17) is 19.5 Å². The normalized spacial score (nSPS) is 47.0. The van der Waals surface area contributed by atoms with Gasteiger partial charge in [0.2, 0.25) is 0 Å². The van der Waals surface area contributed by atoms with Gasteiger partial charge in [-0.15, -0.1) is 0 Å². The van der Waals surface area contributed by atoms with E-state index >= 15 is 0 Å². The van der Waals surface area contributed by atoms with E-state index in [0.717, 1.165) is 0 Å². The van der Waals surface area contributed by atoms with Crippen LogP contribution in [0.4, 0.5) is 4.39 Å². The van der Waals surface area contributed by atoms with Crippen LogP contribution in [0.15, 0.2) is 15.0 Å². The Morgan fingerprint density at radius 2 is 2.36 bits per heavy atom. The molecule has 3 N–H and O–H groups in total. The summed E-state index contributed by atoms with van der Waals surface area (Å²) in [6.07, 6.45) is -3.69. The maximum Gasteiger partial charge on any atom is 0.319 e. The monoisotopic (exact) mass is 333 g/mol. The molecule has 2 fully saturated rings. The van der Waals surface area contributed by atoms with Gasteiger partial charge >= 0.3 is 14.3 Å². The van der Waals surface area contributed by atoms with Crippen LogP contribution in [-0.2, 0) is 18.3 Å². The number of aliphatic imine (C=N–C) groups is 3. The molecule has 0 bridgehead atoms. The van der Waals surface area contributed by atoms with Crippen LogP contribution in [0, 0.1) is 0 Å². The molecular weight excluding hydrogens is 320 g/mol. The summed E-state index contributed by atoms with van der Waals surface area (Å²) in [5.74, 6) is 0.00536. The third-order valence-electron chi connectivity index (χ3n) is 3.91. The zero-order valence-electron chi connectivity index (χ0n) is 11.1. The molecule has 0 spiro atoms. The van der Waals surface area contributed by atoms with Gasteiger partial charge in [-0.25, -0.2) is 4.99 Å². The van der Waals surface area contributed by atoms with Crippen LogP contribution in [-0.4, -0.2) is 71.6 Å². The van der Waals surface area contributed by atoms with Crippen molar-refractivity contribution in [3.05, 3.63) is 0 Å². The lowest BCUT2D eigenvalue weighted by Gasteiger charge is -2.31. The lowest BCUT2D eigenvalue weighted by Crippen LogP contribution is -2.51. The van der Waals surface area contributed by atoms with Gasteiger partial charge in [-0.2, -0.15) is 9.38 Å². The van der Waals surface area contributed by atoms with Gasteiger partial charge in [0.1, 0.15) is 30.2 Å². The fraction of sp³-hybridized carbons (Fsp3) is 0.700. The molecule has 4 aliphatic heterocycles. The first-order valence-electron chi connectivity index (χ1n) is 6.59. The maximum absolute atomic E-state index is 13.4. The smallest absolute Gasteiger partial charge is 0.319 e.